The van der Waals surface area contributed by atoms with Crippen LogP contribution in [-0.4, -0.2) is 61.3 Å². The van der Waals surface area contributed by atoms with Gasteiger partial charge >= 0.3 is 5.79 Å². The fourth-order valence-electron chi connectivity index (χ4n) is 5.51. The van der Waals surface area contributed by atoms with E-state index in [9.17, 15) is 14.7 Å². The summed E-state index contributed by atoms with van der Waals surface area (Å²) in [5.41, 5.74) is 0.878. The van der Waals surface area contributed by atoms with Crippen molar-refractivity contribution in [1.29, 1.82) is 0 Å². The predicted octanol–water partition coefficient (Wildman–Crippen LogP) is 8.81. The van der Waals surface area contributed by atoms with Gasteiger partial charge in [-0.05, 0) is 84.7 Å². The number of ether oxygens (including phenoxy) is 3. The number of halogens is 4. The summed E-state index contributed by atoms with van der Waals surface area (Å²) < 4.78 is 19.7. The Morgan fingerprint density at radius 1 is 0.939 bits per heavy atom. The number of aliphatic hydroxyl groups is 1. The highest BCUT2D eigenvalue weighted by molar-refractivity contribution is 9.12. The molecule has 2 aliphatic heterocycles. The topological polar surface area (TPSA) is 128 Å². The Kier molecular flexibility index (Phi) is 19.1. The van der Waals surface area contributed by atoms with E-state index < -0.39 is 17.8 Å². The van der Waals surface area contributed by atoms with Crippen LogP contribution in [0.5, 0.6) is 5.75 Å². The number of hydrogen-bond acceptors (Lipinski definition) is 8. The largest absolute Gasteiger partial charge is 0.495 e. The van der Waals surface area contributed by atoms with E-state index in [1.165, 1.54) is 71.2 Å². The second-order valence-corrected chi connectivity index (χ2v) is 15.7. The molecule has 0 fully saturated rings. The van der Waals surface area contributed by atoms with Gasteiger partial charge in [-0.3, -0.25) is 9.59 Å². The minimum Gasteiger partial charge on any atom is -0.495 e. The average Bonchev–Trinajstić information content (AvgIpc) is 3.31. The molecule has 0 aromatic heterocycles. The highest BCUT2D eigenvalue weighted by Crippen LogP contribution is 2.41. The Hall–Kier alpha value is -1.61. The minimum atomic E-state index is -1.60. The summed E-state index contributed by atoms with van der Waals surface area (Å²) in [4.78, 5) is 30.5. The van der Waals surface area contributed by atoms with Gasteiger partial charge in [-0.15, -0.1) is 0 Å². The lowest BCUT2D eigenvalue weighted by Gasteiger charge is -2.27. The van der Waals surface area contributed by atoms with Crippen molar-refractivity contribution in [2.24, 2.45) is 5.16 Å². The van der Waals surface area contributed by atoms with Crippen LogP contribution in [0.25, 0.3) is 0 Å². The third kappa shape index (κ3) is 13.5. The number of methoxy groups -OCH3 is 1. The number of unbranched alkanes of at least 4 members (excludes halogenated alkanes) is 10. The quantitative estimate of drug-likeness (QED) is 0.0993. The van der Waals surface area contributed by atoms with Crippen LogP contribution in [-0.2, 0) is 30.3 Å². The molecule has 2 atom stereocenters. The Morgan fingerprint density at radius 2 is 1.57 bits per heavy atom. The summed E-state index contributed by atoms with van der Waals surface area (Å²) in [5, 5.41) is 20.5. The van der Waals surface area contributed by atoms with Crippen LogP contribution in [0.15, 0.2) is 47.2 Å². The maximum Gasteiger partial charge on any atom is 0.311 e. The van der Waals surface area contributed by atoms with Crippen molar-refractivity contribution in [1.82, 2.24) is 10.6 Å². The van der Waals surface area contributed by atoms with Crippen molar-refractivity contribution in [2.45, 2.75) is 115 Å². The smallest absolute Gasteiger partial charge is 0.311 e. The monoisotopic (exact) mass is 939 g/mol. The van der Waals surface area contributed by atoms with Crippen LogP contribution in [0, 0.1) is 0 Å². The standard InChI is InChI=1S/C35H49Br4N3O7/c1-3-4-5-6-7-8-9-10-11-12-13-15-29(43)40-18-16-24-20-25(36)32(26(37)21-24)47-19-14-17-41-34(45)30-33(44)35(49-42-30)22-27(38)31(46-2)28(39)23-48-35/h20-21,23,33,44H,3-19,22H2,1-2H3,(H,40,43)(H,41,45)/t33-,35-/m0/s1. The number of nitrogens with one attached hydrogen (secondary N) is 2. The molecule has 0 unspecified atom stereocenters. The SMILES string of the molecule is CCCCCCCCCCCCCC(=O)NCCc1cc(Br)c(OCCCNC(=O)C2=NO[C@@]3(CC(Br)=C(OC)C(Br)=CO3)[C@H]2O)c(Br)c1. The van der Waals surface area contributed by atoms with E-state index in [1.54, 1.807) is 0 Å². The first-order valence-electron chi connectivity index (χ1n) is 17.2. The molecule has 0 saturated heterocycles. The van der Waals surface area contributed by atoms with Gasteiger partial charge in [0.25, 0.3) is 5.91 Å². The third-order valence-electron chi connectivity index (χ3n) is 8.29. The number of aliphatic hydroxyl groups excluding tert-OH is 1. The number of carbonyl (C=O) groups is 2. The molecule has 2 aliphatic rings. The van der Waals surface area contributed by atoms with E-state index >= 15 is 0 Å². The van der Waals surface area contributed by atoms with Gasteiger partial charge in [-0.2, -0.15) is 0 Å². The van der Waals surface area contributed by atoms with Crippen molar-refractivity contribution in [3.63, 3.8) is 0 Å². The van der Waals surface area contributed by atoms with E-state index in [0.29, 0.717) is 52.9 Å². The average molecular weight is 943 g/mol. The Labute approximate surface area is 324 Å². The summed E-state index contributed by atoms with van der Waals surface area (Å²) in [6.45, 7) is 3.44. The van der Waals surface area contributed by atoms with Gasteiger partial charge < -0.3 is 34.8 Å². The molecule has 0 saturated carbocycles. The molecule has 14 heteroatoms. The van der Waals surface area contributed by atoms with E-state index in [2.05, 4.69) is 86.4 Å². The first-order valence-corrected chi connectivity index (χ1v) is 20.3. The highest BCUT2D eigenvalue weighted by Gasteiger charge is 2.54. The third-order valence-corrected chi connectivity index (χ3v) is 10.7. The van der Waals surface area contributed by atoms with Gasteiger partial charge in [0.1, 0.15) is 17.8 Å². The molecule has 2 amide bonds. The zero-order valence-corrected chi connectivity index (χ0v) is 34.7. The molecule has 0 aliphatic carbocycles. The zero-order chi connectivity index (χ0) is 35.6. The molecular formula is C35H49Br4N3O7. The lowest BCUT2D eigenvalue weighted by atomic mass is 10.0. The number of oxime groups is 1. The lowest BCUT2D eigenvalue weighted by Crippen LogP contribution is -2.49. The fraction of sp³-hybridized carbons (Fsp3) is 0.629. The molecule has 274 valence electrons. The van der Waals surface area contributed by atoms with Gasteiger partial charge in [-0.25, -0.2) is 0 Å². The van der Waals surface area contributed by atoms with Crippen molar-refractivity contribution in [3.8, 4) is 5.75 Å². The molecule has 1 spiro atoms. The number of nitrogens with zero attached hydrogens (tertiary/aromatic N) is 1. The molecule has 1 aromatic carbocycles. The summed E-state index contributed by atoms with van der Waals surface area (Å²) in [7, 11) is 1.51. The normalized spacial score (nSPS) is 18.7. The lowest BCUT2D eigenvalue weighted by molar-refractivity contribution is -0.225. The van der Waals surface area contributed by atoms with E-state index in [4.69, 9.17) is 19.0 Å². The van der Waals surface area contributed by atoms with E-state index in [-0.39, 0.29) is 24.6 Å². The number of carbonyl (C=O) groups excluding carboxylic acids is 2. The van der Waals surface area contributed by atoms with Gasteiger partial charge in [-0.1, -0.05) is 92.2 Å². The Bertz CT molecular complexity index is 1320. The summed E-state index contributed by atoms with van der Waals surface area (Å²) in [6, 6.07) is 3.97. The van der Waals surface area contributed by atoms with Crippen LogP contribution in [0.3, 0.4) is 0 Å². The van der Waals surface area contributed by atoms with Gasteiger partial charge in [0.15, 0.2) is 11.8 Å². The number of benzene rings is 1. The highest BCUT2D eigenvalue weighted by atomic mass is 79.9. The number of rotatable bonds is 22. The van der Waals surface area contributed by atoms with Gasteiger partial charge in [0.2, 0.25) is 5.91 Å². The van der Waals surface area contributed by atoms with Crippen molar-refractivity contribution in [2.75, 3.05) is 26.8 Å². The predicted molar refractivity (Wildman–Crippen MR) is 206 cm³/mol. The first kappa shape index (κ1) is 41.8. The van der Waals surface area contributed by atoms with Crippen LogP contribution in [0.1, 0.15) is 102 Å². The molecule has 3 rings (SSSR count). The van der Waals surface area contributed by atoms with Crippen LogP contribution >= 0.6 is 63.7 Å². The van der Waals surface area contributed by atoms with Crippen LogP contribution in [0.2, 0.25) is 0 Å². The summed E-state index contributed by atoms with van der Waals surface area (Å²) in [6.07, 6.45) is 15.7. The number of allylic oxidation sites excluding steroid dienone is 1. The van der Waals surface area contributed by atoms with Gasteiger partial charge in [0.05, 0.1) is 33.6 Å². The van der Waals surface area contributed by atoms with Crippen molar-refractivity contribution >= 4 is 81.2 Å². The zero-order valence-electron chi connectivity index (χ0n) is 28.4. The van der Waals surface area contributed by atoms with Crippen molar-refractivity contribution in [3.05, 3.63) is 47.6 Å². The molecule has 2 heterocycles. The molecule has 1 aromatic rings. The maximum atomic E-state index is 12.8. The number of hydrogen-bond donors (Lipinski definition) is 3. The molecular weight excluding hydrogens is 894 g/mol. The van der Waals surface area contributed by atoms with E-state index in [0.717, 1.165) is 27.4 Å². The minimum absolute atomic E-state index is 0.0632. The first-order chi connectivity index (χ1) is 23.6. The molecule has 49 heavy (non-hydrogen) atoms. The summed E-state index contributed by atoms with van der Waals surface area (Å²) >= 11 is 14.0. The maximum absolute atomic E-state index is 12.8. The number of amides is 2. The second kappa shape index (κ2) is 22.4. The van der Waals surface area contributed by atoms with Crippen LogP contribution < -0.4 is 15.4 Å². The van der Waals surface area contributed by atoms with Crippen molar-refractivity contribution < 1.29 is 33.7 Å². The molecule has 0 radical (unpaired) electrons. The molecule has 3 N–H and O–H groups in total. The molecule has 10 nitrogen and oxygen atoms in total. The Morgan fingerprint density at radius 3 is 2.20 bits per heavy atom. The Balaban J connectivity index is 1.29. The second-order valence-electron chi connectivity index (χ2n) is 12.2. The van der Waals surface area contributed by atoms with E-state index in [1.807, 2.05) is 12.1 Å². The molecule has 0 bridgehead atoms. The van der Waals surface area contributed by atoms with Gasteiger partial charge in [0, 0.05) is 24.0 Å². The summed E-state index contributed by atoms with van der Waals surface area (Å²) in [5.74, 6) is -0.926. The van der Waals surface area contributed by atoms with Crippen LogP contribution in [0.4, 0.5) is 0 Å². The fourth-order valence-corrected chi connectivity index (χ4v) is 8.55.